The monoisotopic (exact) mass is 291 g/mol. The topological polar surface area (TPSA) is 40.5 Å². The van der Waals surface area contributed by atoms with Gasteiger partial charge in [0, 0.05) is 6.42 Å². The maximum atomic E-state index is 12.2. The summed E-state index contributed by atoms with van der Waals surface area (Å²) in [5.41, 5.74) is 0. The zero-order valence-corrected chi connectivity index (χ0v) is 11.3. The summed E-state index contributed by atoms with van der Waals surface area (Å²) in [5, 5.41) is 8.41. The van der Waals surface area contributed by atoms with Crippen molar-refractivity contribution >= 4 is 18.4 Å². The van der Waals surface area contributed by atoms with Gasteiger partial charge in [0.1, 0.15) is 0 Å². The van der Waals surface area contributed by atoms with Gasteiger partial charge in [-0.2, -0.15) is 13.2 Å². The Kier molecular flexibility index (Phi) is 11.5. The standard InChI is InChI=1S/C11H20F3NO2.ClH/c1-2-3-7-15(9-11(12,13)14)8-5-4-6-10(16)17;/h2-9H2,1H3,(H,16,17);1H. The minimum atomic E-state index is -4.18. The van der Waals surface area contributed by atoms with Crippen LogP contribution in [0.1, 0.15) is 39.0 Å². The largest absolute Gasteiger partial charge is 0.481 e. The van der Waals surface area contributed by atoms with E-state index < -0.39 is 18.7 Å². The van der Waals surface area contributed by atoms with Gasteiger partial charge in [-0.1, -0.05) is 13.3 Å². The van der Waals surface area contributed by atoms with E-state index in [0.29, 0.717) is 25.9 Å². The number of hydrogen-bond acceptors (Lipinski definition) is 2. The van der Waals surface area contributed by atoms with Gasteiger partial charge in [0.15, 0.2) is 0 Å². The summed E-state index contributed by atoms with van der Waals surface area (Å²) >= 11 is 0. The second-order valence-corrected chi connectivity index (χ2v) is 4.10. The van der Waals surface area contributed by atoms with Gasteiger partial charge in [-0.05, 0) is 32.4 Å². The number of carboxylic acids is 1. The van der Waals surface area contributed by atoms with Crippen LogP contribution in [-0.4, -0.2) is 41.8 Å². The highest BCUT2D eigenvalue weighted by atomic mass is 35.5. The second kappa shape index (κ2) is 10.4. The molecule has 0 aromatic carbocycles. The number of hydrogen-bond donors (Lipinski definition) is 1. The molecular formula is C11H21ClF3NO2. The second-order valence-electron chi connectivity index (χ2n) is 4.10. The molecule has 0 unspecified atom stereocenters. The van der Waals surface area contributed by atoms with Crippen molar-refractivity contribution in [1.82, 2.24) is 4.90 Å². The molecule has 7 heteroatoms. The summed E-state index contributed by atoms with van der Waals surface area (Å²) in [6.45, 7) is 1.76. The molecule has 110 valence electrons. The third-order valence-corrected chi connectivity index (χ3v) is 2.35. The molecule has 0 atom stereocenters. The van der Waals surface area contributed by atoms with Gasteiger partial charge in [0.25, 0.3) is 0 Å². The fourth-order valence-electron chi connectivity index (χ4n) is 1.52. The van der Waals surface area contributed by atoms with Crippen LogP contribution in [0.3, 0.4) is 0 Å². The summed E-state index contributed by atoms with van der Waals surface area (Å²) in [7, 11) is 0. The molecule has 0 aromatic rings. The van der Waals surface area contributed by atoms with E-state index in [4.69, 9.17) is 5.11 Å². The molecule has 0 spiro atoms. The lowest BCUT2D eigenvalue weighted by Crippen LogP contribution is -2.35. The van der Waals surface area contributed by atoms with Gasteiger partial charge in [-0.25, -0.2) is 0 Å². The van der Waals surface area contributed by atoms with Crippen molar-refractivity contribution in [2.24, 2.45) is 0 Å². The zero-order chi connectivity index (χ0) is 13.3. The Labute approximate surface area is 112 Å². The van der Waals surface area contributed by atoms with E-state index in [1.54, 1.807) is 0 Å². The summed E-state index contributed by atoms with van der Waals surface area (Å²) in [4.78, 5) is 11.6. The smallest absolute Gasteiger partial charge is 0.401 e. The molecule has 0 aliphatic heterocycles. The molecule has 0 radical (unpaired) electrons. The summed E-state index contributed by atoms with van der Waals surface area (Å²) in [5.74, 6) is -0.902. The Morgan fingerprint density at radius 3 is 2.17 bits per heavy atom. The Morgan fingerprint density at radius 1 is 1.17 bits per heavy atom. The first-order valence-corrected chi connectivity index (χ1v) is 5.86. The third-order valence-electron chi connectivity index (χ3n) is 2.35. The highest BCUT2D eigenvalue weighted by Gasteiger charge is 2.30. The molecule has 18 heavy (non-hydrogen) atoms. The van der Waals surface area contributed by atoms with E-state index in [2.05, 4.69) is 0 Å². The van der Waals surface area contributed by atoms with Crippen LogP contribution in [0.25, 0.3) is 0 Å². The first kappa shape index (κ1) is 19.8. The van der Waals surface area contributed by atoms with Crippen LogP contribution >= 0.6 is 12.4 Å². The SMILES string of the molecule is CCCCN(CCCCC(=O)O)CC(F)(F)F.Cl. The van der Waals surface area contributed by atoms with E-state index in [1.165, 1.54) is 4.90 Å². The van der Waals surface area contributed by atoms with E-state index in [9.17, 15) is 18.0 Å². The van der Waals surface area contributed by atoms with E-state index in [-0.39, 0.29) is 18.8 Å². The van der Waals surface area contributed by atoms with Crippen LogP contribution in [0.2, 0.25) is 0 Å². The minimum absolute atomic E-state index is 0. The van der Waals surface area contributed by atoms with Gasteiger partial charge in [0.05, 0.1) is 6.54 Å². The Hall–Kier alpha value is -0.490. The van der Waals surface area contributed by atoms with Crippen LogP contribution in [0, 0.1) is 0 Å². The molecule has 0 saturated heterocycles. The van der Waals surface area contributed by atoms with Crippen molar-refractivity contribution in [3.05, 3.63) is 0 Å². The van der Waals surface area contributed by atoms with Crippen molar-refractivity contribution < 1.29 is 23.1 Å². The maximum absolute atomic E-state index is 12.2. The average Bonchev–Trinajstić information content (AvgIpc) is 2.18. The highest BCUT2D eigenvalue weighted by Crippen LogP contribution is 2.17. The zero-order valence-electron chi connectivity index (χ0n) is 10.5. The first-order valence-electron chi connectivity index (χ1n) is 5.86. The molecule has 0 fully saturated rings. The molecular weight excluding hydrogens is 271 g/mol. The van der Waals surface area contributed by atoms with E-state index >= 15 is 0 Å². The van der Waals surface area contributed by atoms with Gasteiger partial charge in [-0.3, -0.25) is 9.69 Å². The number of alkyl halides is 3. The Morgan fingerprint density at radius 2 is 1.72 bits per heavy atom. The lowest BCUT2D eigenvalue weighted by Gasteiger charge is -2.23. The van der Waals surface area contributed by atoms with Crippen LogP contribution in [0.5, 0.6) is 0 Å². The number of halogens is 4. The fraction of sp³-hybridized carbons (Fsp3) is 0.909. The lowest BCUT2D eigenvalue weighted by atomic mass is 10.2. The van der Waals surface area contributed by atoms with Crippen molar-refractivity contribution in [3.8, 4) is 0 Å². The normalized spacial score (nSPS) is 11.4. The molecule has 0 saturated carbocycles. The highest BCUT2D eigenvalue weighted by molar-refractivity contribution is 5.85. The summed E-state index contributed by atoms with van der Waals surface area (Å²) < 4.78 is 36.7. The minimum Gasteiger partial charge on any atom is -0.481 e. The number of rotatable bonds is 9. The molecule has 0 aromatic heterocycles. The average molecular weight is 292 g/mol. The van der Waals surface area contributed by atoms with E-state index in [0.717, 1.165) is 12.8 Å². The molecule has 0 rings (SSSR count). The number of nitrogens with zero attached hydrogens (tertiary/aromatic N) is 1. The quantitative estimate of drug-likeness (QED) is 0.663. The fourth-order valence-corrected chi connectivity index (χ4v) is 1.52. The predicted molar refractivity (Wildman–Crippen MR) is 66.1 cm³/mol. The lowest BCUT2D eigenvalue weighted by molar-refractivity contribution is -0.146. The number of carbonyl (C=O) groups is 1. The van der Waals surface area contributed by atoms with E-state index in [1.807, 2.05) is 6.92 Å². The van der Waals surface area contributed by atoms with Crippen LogP contribution < -0.4 is 0 Å². The van der Waals surface area contributed by atoms with Crippen molar-refractivity contribution in [1.29, 1.82) is 0 Å². The predicted octanol–water partition coefficient (Wildman–Crippen LogP) is 3.33. The molecule has 0 amide bonds. The molecule has 0 aliphatic rings. The summed E-state index contributed by atoms with van der Waals surface area (Å²) in [6.07, 6.45) is -1.66. The number of carboxylic acid groups (broad SMARTS) is 1. The van der Waals surface area contributed by atoms with Gasteiger partial charge in [0.2, 0.25) is 0 Å². The first-order chi connectivity index (χ1) is 7.85. The van der Waals surface area contributed by atoms with Crippen LogP contribution in [0.4, 0.5) is 13.2 Å². The molecule has 1 N–H and O–H groups in total. The van der Waals surface area contributed by atoms with Gasteiger partial charge >= 0.3 is 12.1 Å². The van der Waals surface area contributed by atoms with Crippen molar-refractivity contribution in [2.75, 3.05) is 19.6 Å². The number of aliphatic carboxylic acids is 1. The van der Waals surface area contributed by atoms with Crippen LogP contribution in [-0.2, 0) is 4.79 Å². The number of unbranched alkanes of at least 4 members (excludes halogenated alkanes) is 2. The van der Waals surface area contributed by atoms with Crippen molar-refractivity contribution in [2.45, 2.75) is 45.2 Å². The molecule has 0 bridgehead atoms. The Balaban J connectivity index is 0. The maximum Gasteiger partial charge on any atom is 0.401 e. The Bertz CT molecular complexity index is 225. The van der Waals surface area contributed by atoms with Crippen LogP contribution in [0.15, 0.2) is 0 Å². The molecule has 0 heterocycles. The molecule has 0 aliphatic carbocycles. The summed E-state index contributed by atoms with van der Waals surface area (Å²) in [6, 6.07) is 0. The molecule has 3 nitrogen and oxygen atoms in total. The van der Waals surface area contributed by atoms with Gasteiger partial charge in [-0.15, -0.1) is 12.4 Å². The van der Waals surface area contributed by atoms with Gasteiger partial charge < -0.3 is 5.11 Å². The van der Waals surface area contributed by atoms with Crippen molar-refractivity contribution in [3.63, 3.8) is 0 Å². The third kappa shape index (κ3) is 13.6.